The van der Waals surface area contributed by atoms with Crippen molar-refractivity contribution in [2.75, 3.05) is 29.9 Å². The highest BCUT2D eigenvalue weighted by molar-refractivity contribution is 5.81. The molecule has 9 heteroatoms. The number of rotatable bonds is 4. The molecule has 9 nitrogen and oxygen atoms in total. The summed E-state index contributed by atoms with van der Waals surface area (Å²) in [4.78, 5) is 29.6. The summed E-state index contributed by atoms with van der Waals surface area (Å²) in [6.45, 7) is 2.70. The van der Waals surface area contributed by atoms with Crippen LogP contribution >= 0.6 is 0 Å². The van der Waals surface area contributed by atoms with Crippen LogP contribution in [0.4, 0.5) is 11.5 Å². The molecule has 0 saturated carbocycles. The first-order chi connectivity index (χ1) is 12.2. The molecule has 3 aromatic heterocycles. The lowest BCUT2D eigenvalue weighted by Crippen LogP contribution is -2.37. The average molecular weight is 340 g/mol. The molecule has 0 atom stereocenters. The van der Waals surface area contributed by atoms with Crippen molar-refractivity contribution in [3.8, 4) is 0 Å². The highest BCUT2D eigenvalue weighted by Crippen LogP contribution is 2.23. The lowest BCUT2D eigenvalue weighted by molar-refractivity contribution is 0.422. The summed E-state index contributed by atoms with van der Waals surface area (Å²) in [5.74, 6) is 1.35. The van der Waals surface area contributed by atoms with Crippen molar-refractivity contribution in [2.24, 2.45) is 13.0 Å². The summed E-state index contributed by atoms with van der Waals surface area (Å²) in [6, 6.07) is 1.65. The zero-order chi connectivity index (χ0) is 17.2. The lowest BCUT2D eigenvalue weighted by Gasteiger charge is -2.33. The number of aromatic amines is 1. The van der Waals surface area contributed by atoms with Crippen molar-refractivity contribution < 1.29 is 0 Å². The molecule has 0 aliphatic carbocycles. The first kappa shape index (κ1) is 15.6. The van der Waals surface area contributed by atoms with Crippen molar-refractivity contribution in [3.63, 3.8) is 0 Å². The number of piperidine rings is 1. The molecule has 0 amide bonds. The van der Waals surface area contributed by atoms with E-state index >= 15 is 0 Å². The number of nitrogens with zero attached hydrogens (tertiary/aromatic N) is 6. The van der Waals surface area contributed by atoms with Crippen molar-refractivity contribution in [3.05, 3.63) is 35.3 Å². The first-order valence-electron chi connectivity index (χ1n) is 8.37. The molecule has 2 N–H and O–H groups in total. The van der Waals surface area contributed by atoms with Crippen LogP contribution < -0.4 is 15.8 Å². The van der Waals surface area contributed by atoms with Gasteiger partial charge in [0, 0.05) is 32.7 Å². The summed E-state index contributed by atoms with van der Waals surface area (Å²) >= 11 is 0. The van der Waals surface area contributed by atoms with Crippen LogP contribution in [0.25, 0.3) is 11.2 Å². The maximum absolute atomic E-state index is 11.7. The van der Waals surface area contributed by atoms with E-state index in [2.05, 4.69) is 35.3 Å². The summed E-state index contributed by atoms with van der Waals surface area (Å²) in [6.07, 6.45) is 7.02. The topological polar surface area (TPSA) is 105 Å². The highest BCUT2D eigenvalue weighted by Gasteiger charge is 2.20. The van der Waals surface area contributed by atoms with Crippen LogP contribution in [0.5, 0.6) is 0 Å². The van der Waals surface area contributed by atoms with E-state index < -0.39 is 0 Å². The molecule has 1 aliphatic heterocycles. The molecule has 1 saturated heterocycles. The molecular formula is C16H20N8O. The minimum absolute atomic E-state index is 0.0753. The third kappa shape index (κ3) is 3.17. The Morgan fingerprint density at radius 2 is 2.12 bits per heavy atom. The molecule has 1 fully saturated rings. The van der Waals surface area contributed by atoms with Crippen LogP contribution in [-0.2, 0) is 7.05 Å². The number of aryl methyl sites for hydroxylation is 1. The monoisotopic (exact) mass is 340 g/mol. The molecule has 1 aliphatic rings. The SMILES string of the molecule is Cn1ncc(N2CCC(CNc3ncnc4nc[nH]c34)CC2)cc1=O. The molecule has 4 rings (SSSR count). The minimum Gasteiger partial charge on any atom is -0.370 e. The number of hydrogen-bond acceptors (Lipinski definition) is 7. The van der Waals surface area contributed by atoms with Crippen LogP contribution in [0.1, 0.15) is 12.8 Å². The van der Waals surface area contributed by atoms with Gasteiger partial charge in [-0.2, -0.15) is 5.10 Å². The van der Waals surface area contributed by atoms with E-state index in [-0.39, 0.29) is 5.56 Å². The fraction of sp³-hybridized carbons (Fsp3) is 0.438. The standard InChI is InChI=1S/C16H20N8O/c1-23-13(25)6-12(8-22-23)24-4-2-11(3-5-24)7-17-15-14-16(19-9-18-14)21-10-20-15/h6,8-11H,2-5,7H2,1H3,(H2,17,18,19,20,21). The van der Waals surface area contributed by atoms with Gasteiger partial charge in [-0.15, -0.1) is 0 Å². The molecule has 25 heavy (non-hydrogen) atoms. The van der Waals surface area contributed by atoms with E-state index in [1.807, 2.05) is 0 Å². The highest BCUT2D eigenvalue weighted by atomic mass is 16.1. The Labute approximate surface area is 144 Å². The number of anilines is 2. The Kier molecular flexibility index (Phi) is 4.04. The lowest BCUT2D eigenvalue weighted by atomic mass is 9.96. The number of nitrogens with one attached hydrogen (secondary N) is 2. The average Bonchev–Trinajstić information content (AvgIpc) is 3.12. The second kappa shape index (κ2) is 6.50. The van der Waals surface area contributed by atoms with Crippen LogP contribution in [0.2, 0.25) is 0 Å². The predicted molar refractivity (Wildman–Crippen MR) is 94.6 cm³/mol. The van der Waals surface area contributed by atoms with E-state index in [1.54, 1.807) is 25.6 Å². The molecule has 0 unspecified atom stereocenters. The van der Waals surface area contributed by atoms with Crippen molar-refractivity contribution >= 4 is 22.7 Å². The van der Waals surface area contributed by atoms with Crippen LogP contribution in [0, 0.1) is 5.92 Å². The summed E-state index contributed by atoms with van der Waals surface area (Å²) < 4.78 is 1.35. The Morgan fingerprint density at radius 1 is 1.28 bits per heavy atom. The smallest absolute Gasteiger partial charge is 0.268 e. The van der Waals surface area contributed by atoms with Crippen LogP contribution in [0.15, 0.2) is 29.7 Å². The number of aromatic nitrogens is 6. The van der Waals surface area contributed by atoms with E-state index in [0.29, 0.717) is 11.6 Å². The van der Waals surface area contributed by atoms with Gasteiger partial charge in [0.05, 0.1) is 18.2 Å². The molecule has 4 heterocycles. The number of imidazole rings is 1. The largest absolute Gasteiger partial charge is 0.370 e. The van der Waals surface area contributed by atoms with E-state index in [1.165, 1.54) is 11.0 Å². The van der Waals surface area contributed by atoms with Gasteiger partial charge in [0.2, 0.25) is 0 Å². The normalized spacial score (nSPS) is 15.6. The molecule has 0 spiro atoms. The van der Waals surface area contributed by atoms with Gasteiger partial charge in [-0.3, -0.25) is 4.79 Å². The Morgan fingerprint density at radius 3 is 2.92 bits per heavy atom. The summed E-state index contributed by atoms with van der Waals surface area (Å²) in [5, 5.41) is 7.51. The summed E-state index contributed by atoms with van der Waals surface area (Å²) in [5.41, 5.74) is 2.34. The predicted octanol–water partition coefficient (Wildman–Crippen LogP) is 0.775. The third-order valence-corrected chi connectivity index (χ3v) is 4.71. The Bertz CT molecular complexity index is 925. The number of hydrogen-bond donors (Lipinski definition) is 2. The zero-order valence-electron chi connectivity index (χ0n) is 14.0. The fourth-order valence-corrected chi connectivity index (χ4v) is 3.17. The minimum atomic E-state index is -0.0753. The number of fused-ring (bicyclic) bond motifs is 1. The van der Waals surface area contributed by atoms with E-state index in [0.717, 1.165) is 49.5 Å². The van der Waals surface area contributed by atoms with Crippen molar-refractivity contribution in [1.82, 2.24) is 29.7 Å². The molecule has 0 bridgehead atoms. The van der Waals surface area contributed by atoms with Crippen LogP contribution in [-0.4, -0.2) is 49.4 Å². The van der Waals surface area contributed by atoms with E-state index in [9.17, 15) is 4.79 Å². The molecule has 0 aromatic carbocycles. The van der Waals surface area contributed by atoms with Crippen LogP contribution in [0.3, 0.4) is 0 Å². The van der Waals surface area contributed by atoms with Gasteiger partial charge in [0.15, 0.2) is 11.5 Å². The van der Waals surface area contributed by atoms with E-state index in [4.69, 9.17) is 0 Å². The van der Waals surface area contributed by atoms with Gasteiger partial charge in [-0.25, -0.2) is 19.6 Å². The number of H-pyrrole nitrogens is 1. The van der Waals surface area contributed by atoms with Gasteiger partial charge in [0.25, 0.3) is 5.56 Å². The van der Waals surface area contributed by atoms with Gasteiger partial charge >= 0.3 is 0 Å². The molecule has 0 radical (unpaired) electrons. The van der Waals surface area contributed by atoms with Crippen molar-refractivity contribution in [2.45, 2.75) is 12.8 Å². The third-order valence-electron chi connectivity index (χ3n) is 4.71. The Hall–Kier alpha value is -2.97. The summed E-state index contributed by atoms with van der Waals surface area (Å²) in [7, 11) is 1.66. The fourth-order valence-electron chi connectivity index (χ4n) is 3.17. The maximum Gasteiger partial charge on any atom is 0.268 e. The molecular weight excluding hydrogens is 320 g/mol. The second-order valence-electron chi connectivity index (χ2n) is 6.31. The molecule has 130 valence electrons. The quantitative estimate of drug-likeness (QED) is 0.723. The maximum atomic E-state index is 11.7. The van der Waals surface area contributed by atoms with Gasteiger partial charge in [-0.1, -0.05) is 0 Å². The van der Waals surface area contributed by atoms with Crippen molar-refractivity contribution in [1.29, 1.82) is 0 Å². The second-order valence-corrected chi connectivity index (χ2v) is 6.31. The van der Waals surface area contributed by atoms with Gasteiger partial charge in [0.1, 0.15) is 11.8 Å². The van der Waals surface area contributed by atoms with Gasteiger partial charge in [-0.05, 0) is 18.8 Å². The Balaban J connectivity index is 1.35. The molecule has 3 aromatic rings. The van der Waals surface area contributed by atoms with Gasteiger partial charge < -0.3 is 15.2 Å². The first-order valence-corrected chi connectivity index (χ1v) is 8.37. The zero-order valence-corrected chi connectivity index (χ0v) is 14.0.